The summed E-state index contributed by atoms with van der Waals surface area (Å²) in [4.78, 5) is 28.9. The van der Waals surface area contributed by atoms with Crippen molar-refractivity contribution in [3.63, 3.8) is 0 Å². The second-order valence-corrected chi connectivity index (χ2v) is 9.04. The first kappa shape index (κ1) is 24.3. The minimum absolute atomic E-state index is 0.0448. The van der Waals surface area contributed by atoms with Gasteiger partial charge in [0.1, 0.15) is 5.75 Å². The van der Waals surface area contributed by atoms with E-state index >= 15 is 0 Å². The van der Waals surface area contributed by atoms with Gasteiger partial charge in [-0.15, -0.1) is 0 Å². The third-order valence-electron chi connectivity index (χ3n) is 6.48. The zero-order chi connectivity index (χ0) is 24.8. The highest BCUT2D eigenvalue weighted by Crippen LogP contribution is 2.28. The molecule has 3 aromatic rings. The number of likely N-dealkylation sites (N-methyl/N-ethyl adjacent to an activating group) is 1. The van der Waals surface area contributed by atoms with E-state index in [0.717, 1.165) is 30.8 Å². The van der Waals surface area contributed by atoms with Crippen LogP contribution in [0.15, 0.2) is 72.8 Å². The summed E-state index contributed by atoms with van der Waals surface area (Å²) in [7, 11) is 3.39. The van der Waals surface area contributed by atoms with Gasteiger partial charge < -0.3 is 19.9 Å². The van der Waals surface area contributed by atoms with Crippen molar-refractivity contribution in [2.45, 2.75) is 32.4 Å². The lowest BCUT2D eigenvalue weighted by Crippen LogP contribution is -2.31. The van der Waals surface area contributed by atoms with Gasteiger partial charge in [0, 0.05) is 44.0 Å². The average Bonchev–Trinajstić information content (AvgIpc) is 2.90. The summed E-state index contributed by atoms with van der Waals surface area (Å²) in [6, 6.07) is 23.7. The second kappa shape index (κ2) is 11.1. The molecule has 182 valence electrons. The Labute approximate surface area is 207 Å². The molecular formula is C29H33N3O3. The van der Waals surface area contributed by atoms with E-state index in [9.17, 15) is 9.59 Å². The molecule has 0 bridgehead atoms. The van der Waals surface area contributed by atoms with Gasteiger partial charge in [-0.2, -0.15) is 0 Å². The van der Waals surface area contributed by atoms with Crippen LogP contribution in [-0.4, -0.2) is 44.0 Å². The average molecular weight is 472 g/mol. The van der Waals surface area contributed by atoms with Gasteiger partial charge in [-0.3, -0.25) is 9.59 Å². The molecule has 1 aliphatic rings. The quantitative estimate of drug-likeness (QED) is 0.522. The monoisotopic (exact) mass is 471 g/mol. The number of amides is 2. The van der Waals surface area contributed by atoms with Crippen LogP contribution in [0.25, 0.3) is 0 Å². The fraction of sp³-hybridized carbons (Fsp3) is 0.310. The van der Waals surface area contributed by atoms with Crippen LogP contribution in [0.5, 0.6) is 5.75 Å². The Morgan fingerprint density at radius 1 is 0.971 bits per heavy atom. The van der Waals surface area contributed by atoms with Gasteiger partial charge in [0.2, 0.25) is 0 Å². The van der Waals surface area contributed by atoms with Gasteiger partial charge in [0.15, 0.2) is 6.61 Å². The van der Waals surface area contributed by atoms with E-state index in [2.05, 4.69) is 34.5 Å². The molecule has 35 heavy (non-hydrogen) atoms. The highest BCUT2D eigenvalue weighted by Gasteiger charge is 2.20. The molecule has 0 spiro atoms. The lowest BCUT2D eigenvalue weighted by atomic mass is 9.99. The highest BCUT2D eigenvalue weighted by molar-refractivity contribution is 5.94. The molecule has 4 rings (SSSR count). The molecule has 0 aliphatic carbocycles. The molecule has 0 fully saturated rings. The van der Waals surface area contributed by atoms with Crippen molar-refractivity contribution in [1.29, 1.82) is 0 Å². The molecule has 0 aromatic heterocycles. The van der Waals surface area contributed by atoms with Crippen molar-refractivity contribution in [2.75, 3.05) is 32.1 Å². The molecule has 0 radical (unpaired) electrons. The number of hydrogen-bond acceptors (Lipinski definition) is 4. The number of fused-ring (bicyclic) bond motifs is 1. The molecular weight excluding hydrogens is 438 g/mol. The number of anilines is 1. The molecule has 1 atom stereocenters. The Morgan fingerprint density at radius 2 is 1.66 bits per heavy atom. The molecule has 0 saturated heterocycles. The summed E-state index contributed by atoms with van der Waals surface area (Å²) in [6.07, 6.45) is 1.72. The van der Waals surface area contributed by atoms with Crippen molar-refractivity contribution in [3.05, 3.63) is 95.1 Å². The van der Waals surface area contributed by atoms with Crippen LogP contribution in [0, 0.1) is 0 Å². The number of benzene rings is 3. The van der Waals surface area contributed by atoms with Gasteiger partial charge in [-0.05, 0) is 54.3 Å². The van der Waals surface area contributed by atoms with Gasteiger partial charge >= 0.3 is 0 Å². The van der Waals surface area contributed by atoms with Crippen LogP contribution in [0.3, 0.4) is 0 Å². The van der Waals surface area contributed by atoms with E-state index in [1.165, 1.54) is 16.0 Å². The van der Waals surface area contributed by atoms with E-state index in [1.54, 1.807) is 14.1 Å². The van der Waals surface area contributed by atoms with Crippen LogP contribution >= 0.6 is 0 Å². The van der Waals surface area contributed by atoms with Gasteiger partial charge in [-0.25, -0.2) is 0 Å². The fourth-order valence-electron chi connectivity index (χ4n) is 4.35. The SMILES string of the molecule is CCC(NC(=O)c1ccc(N2CCc3ccccc3C2)cc1)c1ccccc1OCC(=O)N(C)C. The van der Waals surface area contributed by atoms with E-state index < -0.39 is 0 Å². The third-order valence-corrected chi connectivity index (χ3v) is 6.48. The first-order valence-corrected chi connectivity index (χ1v) is 12.1. The van der Waals surface area contributed by atoms with Gasteiger partial charge in [0.05, 0.1) is 6.04 Å². The van der Waals surface area contributed by atoms with E-state index in [0.29, 0.717) is 17.7 Å². The number of ether oxygens (including phenoxy) is 1. The summed E-state index contributed by atoms with van der Waals surface area (Å²) in [5, 5.41) is 3.13. The maximum atomic E-state index is 13.1. The van der Waals surface area contributed by atoms with Gasteiger partial charge in [-0.1, -0.05) is 49.4 Å². The molecule has 1 unspecified atom stereocenters. The van der Waals surface area contributed by atoms with Crippen LogP contribution in [0.2, 0.25) is 0 Å². The van der Waals surface area contributed by atoms with Crippen LogP contribution in [0.1, 0.15) is 46.4 Å². The normalized spacial score (nSPS) is 13.5. The standard InChI is InChI=1S/C29H33N3O3/c1-4-26(25-11-7-8-12-27(25)35-20-28(33)31(2)3)30-29(34)22-13-15-24(16-14-22)32-18-17-21-9-5-6-10-23(21)19-32/h5-16,26H,4,17-20H2,1-3H3,(H,30,34). The van der Waals surface area contributed by atoms with Crippen LogP contribution in [-0.2, 0) is 17.8 Å². The maximum absolute atomic E-state index is 13.1. The molecule has 6 heteroatoms. The van der Waals surface area contributed by atoms with Crippen LogP contribution in [0.4, 0.5) is 5.69 Å². The first-order chi connectivity index (χ1) is 17.0. The highest BCUT2D eigenvalue weighted by atomic mass is 16.5. The Hall–Kier alpha value is -3.80. The van der Waals surface area contributed by atoms with Gasteiger partial charge in [0.25, 0.3) is 11.8 Å². The van der Waals surface area contributed by atoms with E-state index in [1.807, 2.05) is 55.5 Å². The smallest absolute Gasteiger partial charge is 0.259 e. The van der Waals surface area contributed by atoms with E-state index in [-0.39, 0.29) is 24.5 Å². The zero-order valence-corrected chi connectivity index (χ0v) is 20.7. The summed E-state index contributed by atoms with van der Waals surface area (Å²) in [6.45, 7) is 3.82. The topological polar surface area (TPSA) is 61.9 Å². The molecule has 1 N–H and O–H groups in total. The van der Waals surface area contributed by atoms with Crippen molar-refractivity contribution in [3.8, 4) is 5.75 Å². The lowest BCUT2D eigenvalue weighted by Gasteiger charge is -2.30. The number of rotatable bonds is 8. The number of nitrogens with zero attached hydrogens (tertiary/aromatic N) is 2. The molecule has 6 nitrogen and oxygen atoms in total. The Bertz CT molecular complexity index is 1170. The summed E-state index contributed by atoms with van der Waals surface area (Å²) < 4.78 is 5.79. The summed E-state index contributed by atoms with van der Waals surface area (Å²) in [5.74, 6) is 0.358. The number of carbonyl (C=O) groups excluding carboxylic acids is 2. The zero-order valence-electron chi connectivity index (χ0n) is 20.7. The minimum Gasteiger partial charge on any atom is -0.483 e. The molecule has 0 saturated carbocycles. The second-order valence-electron chi connectivity index (χ2n) is 9.04. The van der Waals surface area contributed by atoms with Crippen molar-refractivity contribution >= 4 is 17.5 Å². The number of hydrogen-bond donors (Lipinski definition) is 1. The molecule has 2 amide bonds. The summed E-state index contributed by atoms with van der Waals surface area (Å²) in [5.41, 5.74) is 5.37. The minimum atomic E-state index is -0.230. The third kappa shape index (κ3) is 5.83. The molecule has 1 heterocycles. The van der Waals surface area contributed by atoms with E-state index in [4.69, 9.17) is 4.74 Å². The fourth-order valence-corrected chi connectivity index (χ4v) is 4.35. The Kier molecular flexibility index (Phi) is 7.70. The lowest BCUT2D eigenvalue weighted by molar-refractivity contribution is -0.130. The number of para-hydroxylation sites is 1. The molecule has 1 aliphatic heterocycles. The first-order valence-electron chi connectivity index (χ1n) is 12.1. The predicted octanol–water partition coefficient (Wildman–Crippen LogP) is 4.60. The van der Waals surface area contributed by atoms with Crippen molar-refractivity contribution < 1.29 is 14.3 Å². The number of carbonyl (C=O) groups is 2. The predicted molar refractivity (Wildman–Crippen MR) is 139 cm³/mol. The maximum Gasteiger partial charge on any atom is 0.259 e. The van der Waals surface area contributed by atoms with Crippen molar-refractivity contribution in [1.82, 2.24) is 10.2 Å². The largest absolute Gasteiger partial charge is 0.483 e. The Balaban J connectivity index is 1.42. The van der Waals surface area contributed by atoms with Crippen LogP contribution < -0.4 is 15.0 Å². The number of nitrogens with one attached hydrogen (secondary N) is 1. The Morgan fingerprint density at radius 3 is 2.37 bits per heavy atom. The molecule has 3 aromatic carbocycles. The summed E-state index contributed by atoms with van der Waals surface area (Å²) >= 11 is 0. The van der Waals surface area contributed by atoms with Crippen molar-refractivity contribution in [2.24, 2.45) is 0 Å².